The second-order valence-electron chi connectivity index (χ2n) is 6.26. The normalized spacial score (nSPS) is 17.6. The average Bonchev–Trinajstić information content (AvgIpc) is 2.63. The van der Waals surface area contributed by atoms with E-state index >= 15 is 0 Å². The number of nitrogens with one attached hydrogen (secondary N) is 1. The predicted octanol–water partition coefficient (Wildman–Crippen LogP) is 3.81. The van der Waals surface area contributed by atoms with Gasteiger partial charge in [-0.2, -0.15) is 0 Å². The van der Waals surface area contributed by atoms with Crippen LogP contribution in [0.3, 0.4) is 0 Å². The van der Waals surface area contributed by atoms with Crippen LogP contribution in [0, 0.1) is 6.92 Å². The van der Waals surface area contributed by atoms with Crippen molar-refractivity contribution in [2.75, 3.05) is 16.8 Å². The summed E-state index contributed by atoms with van der Waals surface area (Å²) in [5.74, 6) is 0.469. The SMILES string of the molecule is CCC1CCCCN1c1nccc(C(=O)Nc2ccccc2C)n1. The number of carbonyl (C=O) groups is 1. The number of anilines is 2. The summed E-state index contributed by atoms with van der Waals surface area (Å²) in [6.07, 6.45) is 6.32. The monoisotopic (exact) mass is 324 g/mol. The largest absolute Gasteiger partial charge is 0.338 e. The van der Waals surface area contributed by atoms with E-state index in [1.54, 1.807) is 12.3 Å². The van der Waals surface area contributed by atoms with Crippen molar-refractivity contribution >= 4 is 17.5 Å². The Labute approximate surface area is 143 Å². The summed E-state index contributed by atoms with van der Waals surface area (Å²) in [4.78, 5) is 23.7. The molecule has 1 unspecified atom stereocenters. The van der Waals surface area contributed by atoms with Gasteiger partial charge in [0.05, 0.1) is 0 Å². The molecule has 1 N–H and O–H groups in total. The molecule has 3 rings (SSSR count). The Morgan fingerprint density at radius 1 is 1.29 bits per heavy atom. The Morgan fingerprint density at radius 2 is 2.12 bits per heavy atom. The first-order valence-electron chi connectivity index (χ1n) is 8.65. The van der Waals surface area contributed by atoms with E-state index in [0.29, 0.717) is 17.7 Å². The van der Waals surface area contributed by atoms with Crippen LogP contribution in [0.1, 0.15) is 48.7 Å². The van der Waals surface area contributed by atoms with Crippen LogP contribution in [0.5, 0.6) is 0 Å². The Balaban J connectivity index is 1.79. The summed E-state index contributed by atoms with van der Waals surface area (Å²) in [6, 6.07) is 9.87. The number of benzene rings is 1. The third kappa shape index (κ3) is 3.55. The second kappa shape index (κ2) is 7.43. The van der Waals surface area contributed by atoms with Crippen LogP contribution in [0.2, 0.25) is 0 Å². The van der Waals surface area contributed by atoms with Crippen molar-refractivity contribution in [3.63, 3.8) is 0 Å². The molecule has 0 radical (unpaired) electrons. The number of amides is 1. The van der Waals surface area contributed by atoms with Crippen molar-refractivity contribution in [3.8, 4) is 0 Å². The van der Waals surface area contributed by atoms with Crippen molar-refractivity contribution in [1.82, 2.24) is 9.97 Å². The standard InChI is InChI=1S/C19H24N4O/c1-3-15-9-6-7-13-23(15)19-20-12-11-17(22-19)18(24)21-16-10-5-4-8-14(16)2/h4-5,8,10-12,15H,3,6-7,9,13H2,1-2H3,(H,21,24). The van der Waals surface area contributed by atoms with Crippen molar-refractivity contribution in [2.45, 2.75) is 45.6 Å². The summed E-state index contributed by atoms with van der Waals surface area (Å²) in [7, 11) is 0. The highest BCUT2D eigenvalue weighted by atomic mass is 16.1. The quantitative estimate of drug-likeness (QED) is 0.929. The van der Waals surface area contributed by atoms with Crippen LogP contribution in [0.4, 0.5) is 11.6 Å². The lowest BCUT2D eigenvalue weighted by Crippen LogP contribution is -2.40. The number of hydrogen-bond acceptors (Lipinski definition) is 4. The van der Waals surface area contributed by atoms with Crippen LogP contribution in [-0.4, -0.2) is 28.5 Å². The van der Waals surface area contributed by atoms with Crippen LogP contribution >= 0.6 is 0 Å². The van der Waals surface area contributed by atoms with Gasteiger partial charge in [0.15, 0.2) is 0 Å². The third-order valence-electron chi connectivity index (χ3n) is 4.62. The van der Waals surface area contributed by atoms with Crippen LogP contribution in [-0.2, 0) is 0 Å². The summed E-state index contributed by atoms with van der Waals surface area (Å²) in [6.45, 7) is 5.12. The molecule has 0 bridgehead atoms. The fourth-order valence-corrected chi connectivity index (χ4v) is 3.20. The third-order valence-corrected chi connectivity index (χ3v) is 4.62. The molecule has 1 fully saturated rings. The van der Waals surface area contributed by atoms with Crippen LogP contribution < -0.4 is 10.2 Å². The van der Waals surface area contributed by atoms with Gasteiger partial charge in [-0.1, -0.05) is 25.1 Å². The van der Waals surface area contributed by atoms with E-state index in [9.17, 15) is 4.79 Å². The lowest BCUT2D eigenvalue weighted by atomic mass is 10.0. The van der Waals surface area contributed by atoms with Gasteiger partial charge >= 0.3 is 0 Å². The molecule has 1 aromatic heterocycles. The van der Waals surface area contributed by atoms with Crippen molar-refractivity contribution in [2.24, 2.45) is 0 Å². The molecule has 5 heteroatoms. The summed E-state index contributed by atoms with van der Waals surface area (Å²) in [5, 5.41) is 2.93. The van der Waals surface area contributed by atoms with Crippen molar-refractivity contribution < 1.29 is 4.79 Å². The molecular formula is C19H24N4O. The number of carbonyl (C=O) groups excluding carboxylic acids is 1. The average molecular weight is 324 g/mol. The number of hydrogen-bond donors (Lipinski definition) is 1. The summed E-state index contributed by atoms with van der Waals surface area (Å²) >= 11 is 0. The number of para-hydroxylation sites is 1. The van der Waals surface area contributed by atoms with Gasteiger partial charge in [-0.25, -0.2) is 9.97 Å². The van der Waals surface area contributed by atoms with Crippen molar-refractivity contribution in [3.05, 3.63) is 47.8 Å². The Morgan fingerprint density at radius 3 is 2.92 bits per heavy atom. The molecule has 1 saturated heterocycles. The van der Waals surface area contributed by atoms with E-state index < -0.39 is 0 Å². The molecule has 1 aromatic carbocycles. The molecule has 2 heterocycles. The molecule has 0 aliphatic carbocycles. The molecule has 1 atom stereocenters. The molecule has 24 heavy (non-hydrogen) atoms. The van der Waals surface area contributed by atoms with Gasteiger partial charge in [-0.05, 0) is 50.3 Å². The smallest absolute Gasteiger partial charge is 0.274 e. The molecular weight excluding hydrogens is 300 g/mol. The Hall–Kier alpha value is -2.43. The Kier molecular flexibility index (Phi) is 5.08. The lowest BCUT2D eigenvalue weighted by molar-refractivity contribution is 0.102. The number of nitrogens with zero attached hydrogens (tertiary/aromatic N) is 3. The highest BCUT2D eigenvalue weighted by molar-refractivity contribution is 6.03. The molecule has 0 spiro atoms. The molecule has 5 nitrogen and oxygen atoms in total. The number of piperidine rings is 1. The fraction of sp³-hybridized carbons (Fsp3) is 0.421. The van der Waals surface area contributed by atoms with E-state index in [4.69, 9.17) is 0 Å². The molecule has 126 valence electrons. The van der Waals surface area contributed by atoms with E-state index in [0.717, 1.165) is 30.6 Å². The molecule has 0 saturated carbocycles. The zero-order chi connectivity index (χ0) is 16.9. The molecule has 1 aliphatic heterocycles. The van der Waals surface area contributed by atoms with Gasteiger partial charge in [-0.3, -0.25) is 4.79 Å². The summed E-state index contributed by atoms with van der Waals surface area (Å²) < 4.78 is 0. The van der Waals surface area contributed by atoms with Gasteiger partial charge in [0, 0.05) is 24.5 Å². The van der Waals surface area contributed by atoms with Gasteiger partial charge in [0.25, 0.3) is 5.91 Å². The topological polar surface area (TPSA) is 58.1 Å². The van der Waals surface area contributed by atoms with Gasteiger partial charge < -0.3 is 10.2 Å². The first-order chi connectivity index (χ1) is 11.7. The number of rotatable bonds is 4. The number of aryl methyl sites for hydroxylation is 1. The van der Waals surface area contributed by atoms with Crippen LogP contribution in [0.25, 0.3) is 0 Å². The number of aromatic nitrogens is 2. The van der Waals surface area contributed by atoms with E-state index in [1.807, 2.05) is 31.2 Å². The minimum absolute atomic E-state index is 0.196. The second-order valence-corrected chi connectivity index (χ2v) is 6.26. The maximum atomic E-state index is 12.5. The van der Waals surface area contributed by atoms with Gasteiger partial charge in [-0.15, -0.1) is 0 Å². The summed E-state index contributed by atoms with van der Waals surface area (Å²) in [5.41, 5.74) is 2.25. The Bertz CT molecular complexity index is 716. The molecule has 2 aromatic rings. The minimum atomic E-state index is -0.196. The fourth-order valence-electron chi connectivity index (χ4n) is 3.20. The predicted molar refractivity (Wildman–Crippen MR) is 96.4 cm³/mol. The maximum Gasteiger partial charge on any atom is 0.274 e. The van der Waals surface area contributed by atoms with Crippen molar-refractivity contribution in [1.29, 1.82) is 0 Å². The van der Waals surface area contributed by atoms with Crippen LogP contribution in [0.15, 0.2) is 36.5 Å². The zero-order valence-electron chi connectivity index (χ0n) is 14.3. The minimum Gasteiger partial charge on any atom is -0.338 e. The van der Waals surface area contributed by atoms with E-state index in [-0.39, 0.29) is 5.91 Å². The lowest BCUT2D eigenvalue weighted by Gasteiger charge is -2.35. The highest BCUT2D eigenvalue weighted by Crippen LogP contribution is 2.24. The molecule has 1 amide bonds. The first kappa shape index (κ1) is 16.4. The van der Waals surface area contributed by atoms with E-state index in [2.05, 4.69) is 27.1 Å². The zero-order valence-corrected chi connectivity index (χ0v) is 14.3. The maximum absolute atomic E-state index is 12.5. The van der Waals surface area contributed by atoms with Gasteiger partial charge in [0.2, 0.25) is 5.95 Å². The highest BCUT2D eigenvalue weighted by Gasteiger charge is 2.23. The van der Waals surface area contributed by atoms with Gasteiger partial charge in [0.1, 0.15) is 5.69 Å². The van der Waals surface area contributed by atoms with E-state index in [1.165, 1.54) is 12.8 Å². The first-order valence-corrected chi connectivity index (χ1v) is 8.65. The molecule has 1 aliphatic rings.